The summed E-state index contributed by atoms with van der Waals surface area (Å²) in [5, 5.41) is 2.30. The number of rotatable bonds is 3. The van der Waals surface area contributed by atoms with E-state index in [1.54, 1.807) is 0 Å². The summed E-state index contributed by atoms with van der Waals surface area (Å²) in [5.74, 6) is 0.514. The summed E-state index contributed by atoms with van der Waals surface area (Å²) in [6.07, 6.45) is 0. The molecule has 0 radical (unpaired) electrons. The Hall–Kier alpha value is -1.87. The standard InChI is InChI=1S/C17H12BrFO/c18-15-7-12(8-16(19)10-15)11-20-17-6-5-13-3-1-2-4-14(13)9-17/h1-10H,11H2. The second-order valence-electron chi connectivity index (χ2n) is 4.58. The first kappa shape index (κ1) is 13.1. The Morgan fingerprint density at radius 3 is 2.50 bits per heavy atom. The molecule has 0 spiro atoms. The normalized spacial score (nSPS) is 10.7. The van der Waals surface area contributed by atoms with Gasteiger partial charge < -0.3 is 4.74 Å². The lowest BCUT2D eigenvalue weighted by atomic mass is 10.1. The summed E-state index contributed by atoms with van der Waals surface area (Å²) in [6, 6.07) is 18.8. The predicted octanol–water partition coefficient (Wildman–Crippen LogP) is 5.32. The van der Waals surface area contributed by atoms with Gasteiger partial charge in [-0.05, 0) is 46.7 Å². The monoisotopic (exact) mass is 330 g/mol. The van der Waals surface area contributed by atoms with Gasteiger partial charge in [0.1, 0.15) is 18.2 Å². The van der Waals surface area contributed by atoms with Crippen molar-refractivity contribution in [1.82, 2.24) is 0 Å². The van der Waals surface area contributed by atoms with Crippen LogP contribution in [0.1, 0.15) is 5.56 Å². The molecule has 3 heteroatoms. The van der Waals surface area contributed by atoms with Crippen molar-refractivity contribution in [3.63, 3.8) is 0 Å². The summed E-state index contributed by atoms with van der Waals surface area (Å²) in [7, 11) is 0. The topological polar surface area (TPSA) is 9.23 Å². The van der Waals surface area contributed by atoms with Gasteiger partial charge in [0, 0.05) is 4.47 Å². The van der Waals surface area contributed by atoms with E-state index in [0.717, 1.165) is 21.2 Å². The summed E-state index contributed by atoms with van der Waals surface area (Å²) >= 11 is 3.28. The van der Waals surface area contributed by atoms with Crippen molar-refractivity contribution < 1.29 is 9.13 Å². The molecule has 3 aromatic rings. The summed E-state index contributed by atoms with van der Waals surface area (Å²) in [6.45, 7) is 0.342. The van der Waals surface area contributed by atoms with E-state index >= 15 is 0 Å². The van der Waals surface area contributed by atoms with E-state index < -0.39 is 0 Å². The van der Waals surface area contributed by atoms with Gasteiger partial charge in [-0.3, -0.25) is 0 Å². The van der Waals surface area contributed by atoms with Crippen molar-refractivity contribution in [3.05, 3.63) is 76.5 Å². The van der Waals surface area contributed by atoms with E-state index in [-0.39, 0.29) is 5.82 Å². The molecular weight excluding hydrogens is 319 g/mol. The average Bonchev–Trinajstić information content (AvgIpc) is 2.44. The van der Waals surface area contributed by atoms with Crippen molar-refractivity contribution in [1.29, 1.82) is 0 Å². The van der Waals surface area contributed by atoms with Crippen LogP contribution in [0.25, 0.3) is 10.8 Å². The second-order valence-corrected chi connectivity index (χ2v) is 5.49. The number of hydrogen-bond donors (Lipinski definition) is 0. The third kappa shape index (κ3) is 2.99. The van der Waals surface area contributed by atoms with Crippen LogP contribution in [-0.4, -0.2) is 0 Å². The fraction of sp³-hybridized carbons (Fsp3) is 0.0588. The van der Waals surface area contributed by atoms with Crippen LogP contribution in [0.2, 0.25) is 0 Å². The number of hydrogen-bond acceptors (Lipinski definition) is 1. The lowest BCUT2D eigenvalue weighted by Crippen LogP contribution is -1.96. The van der Waals surface area contributed by atoms with E-state index in [0.29, 0.717) is 6.61 Å². The van der Waals surface area contributed by atoms with Crippen LogP contribution >= 0.6 is 15.9 Å². The second kappa shape index (κ2) is 5.63. The van der Waals surface area contributed by atoms with Crippen LogP contribution in [0.4, 0.5) is 4.39 Å². The van der Waals surface area contributed by atoms with E-state index in [2.05, 4.69) is 22.0 Å². The smallest absolute Gasteiger partial charge is 0.124 e. The molecule has 20 heavy (non-hydrogen) atoms. The molecule has 0 aliphatic rings. The van der Waals surface area contributed by atoms with Gasteiger partial charge in [0.2, 0.25) is 0 Å². The Labute approximate surface area is 125 Å². The fourth-order valence-electron chi connectivity index (χ4n) is 2.12. The molecule has 3 aromatic carbocycles. The molecule has 0 heterocycles. The number of ether oxygens (including phenoxy) is 1. The van der Waals surface area contributed by atoms with Gasteiger partial charge in [0.05, 0.1) is 0 Å². The van der Waals surface area contributed by atoms with Gasteiger partial charge in [-0.1, -0.05) is 46.3 Å². The van der Waals surface area contributed by atoms with Crippen molar-refractivity contribution in [2.75, 3.05) is 0 Å². The van der Waals surface area contributed by atoms with E-state index in [9.17, 15) is 4.39 Å². The molecule has 0 saturated heterocycles. The molecule has 0 aromatic heterocycles. The van der Waals surface area contributed by atoms with Gasteiger partial charge in [0.25, 0.3) is 0 Å². The largest absolute Gasteiger partial charge is 0.489 e. The lowest BCUT2D eigenvalue weighted by molar-refractivity contribution is 0.306. The fourth-order valence-corrected chi connectivity index (χ4v) is 2.63. The van der Waals surface area contributed by atoms with Crippen LogP contribution in [-0.2, 0) is 6.61 Å². The quantitative estimate of drug-likeness (QED) is 0.631. The zero-order valence-corrected chi connectivity index (χ0v) is 12.2. The molecule has 100 valence electrons. The minimum atomic E-state index is -0.267. The van der Waals surface area contributed by atoms with Crippen LogP contribution in [0.15, 0.2) is 65.1 Å². The molecule has 3 rings (SSSR count). The van der Waals surface area contributed by atoms with Gasteiger partial charge in [-0.25, -0.2) is 4.39 Å². The van der Waals surface area contributed by atoms with Gasteiger partial charge in [-0.2, -0.15) is 0 Å². The van der Waals surface area contributed by atoms with Crippen LogP contribution < -0.4 is 4.74 Å². The average molecular weight is 331 g/mol. The number of halogens is 2. The molecule has 1 nitrogen and oxygen atoms in total. The molecule has 0 unspecified atom stereocenters. The highest BCUT2D eigenvalue weighted by Crippen LogP contribution is 2.22. The first-order chi connectivity index (χ1) is 9.70. The Morgan fingerprint density at radius 2 is 1.70 bits per heavy atom. The van der Waals surface area contributed by atoms with Gasteiger partial charge in [0.15, 0.2) is 0 Å². The van der Waals surface area contributed by atoms with E-state index in [4.69, 9.17) is 4.74 Å². The summed E-state index contributed by atoms with van der Waals surface area (Å²) < 4.78 is 19.7. The minimum Gasteiger partial charge on any atom is -0.489 e. The molecule has 0 saturated carbocycles. The zero-order valence-electron chi connectivity index (χ0n) is 10.6. The number of benzene rings is 3. The molecular formula is C17H12BrFO. The van der Waals surface area contributed by atoms with E-state index in [1.165, 1.54) is 17.5 Å². The van der Waals surface area contributed by atoms with Crippen molar-refractivity contribution in [3.8, 4) is 5.75 Å². The summed E-state index contributed by atoms with van der Waals surface area (Å²) in [5.41, 5.74) is 0.796. The van der Waals surface area contributed by atoms with Crippen molar-refractivity contribution in [2.45, 2.75) is 6.61 Å². The maximum atomic E-state index is 13.3. The molecule has 0 fully saturated rings. The highest BCUT2D eigenvalue weighted by Gasteiger charge is 2.01. The van der Waals surface area contributed by atoms with Gasteiger partial charge >= 0.3 is 0 Å². The SMILES string of the molecule is Fc1cc(Br)cc(COc2ccc3ccccc3c2)c1. The van der Waals surface area contributed by atoms with Crippen molar-refractivity contribution in [2.24, 2.45) is 0 Å². The highest BCUT2D eigenvalue weighted by molar-refractivity contribution is 9.10. The minimum absolute atomic E-state index is 0.267. The molecule has 0 atom stereocenters. The third-order valence-corrected chi connectivity index (χ3v) is 3.51. The Kier molecular flexibility index (Phi) is 3.70. The predicted molar refractivity (Wildman–Crippen MR) is 82.4 cm³/mol. The molecule has 0 aliphatic heterocycles. The maximum absolute atomic E-state index is 13.3. The first-order valence-corrected chi connectivity index (χ1v) is 7.06. The van der Waals surface area contributed by atoms with E-state index in [1.807, 2.05) is 42.5 Å². The Morgan fingerprint density at radius 1 is 0.900 bits per heavy atom. The van der Waals surface area contributed by atoms with Crippen LogP contribution in [0.3, 0.4) is 0 Å². The highest BCUT2D eigenvalue weighted by atomic mass is 79.9. The summed E-state index contributed by atoms with van der Waals surface area (Å²) in [4.78, 5) is 0. The molecule has 0 amide bonds. The molecule has 0 N–H and O–H groups in total. The first-order valence-electron chi connectivity index (χ1n) is 6.27. The Bertz CT molecular complexity index is 735. The third-order valence-electron chi connectivity index (χ3n) is 3.05. The van der Waals surface area contributed by atoms with Crippen molar-refractivity contribution >= 4 is 26.7 Å². The molecule has 0 bridgehead atoms. The van der Waals surface area contributed by atoms with Gasteiger partial charge in [-0.15, -0.1) is 0 Å². The lowest BCUT2D eigenvalue weighted by Gasteiger charge is -2.08. The van der Waals surface area contributed by atoms with Crippen LogP contribution in [0.5, 0.6) is 5.75 Å². The number of fused-ring (bicyclic) bond motifs is 1. The zero-order chi connectivity index (χ0) is 13.9. The molecule has 0 aliphatic carbocycles. The van der Waals surface area contributed by atoms with Crippen LogP contribution in [0, 0.1) is 5.82 Å². The maximum Gasteiger partial charge on any atom is 0.124 e. The Balaban J connectivity index is 1.79.